The molecule has 0 radical (unpaired) electrons. The maximum Gasteiger partial charge on any atom is 0.339 e. The van der Waals surface area contributed by atoms with Gasteiger partial charge in [0.15, 0.2) is 0 Å². The number of carboxylic acid groups (broad SMARTS) is 1. The molecule has 0 aliphatic rings. The molecular formula is C13H12BrN3O2. The lowest BCUT2D eigenvalue weighted by Crippen LogP contribution is -2.20. The standard InChI is InChI=1S/C13H12BrN3O2/c1-17(8-9-2-4-15-5-3-9)12-11(13(18)19)6-10(14)7-16-12/h2-7H,8H2,1H3,(H,18,19). The Balaban J connectivity index is 2.28. The van der Waals surface area contributed by atoms with Crippen LogP contribution in [-0.2, 0) is 6.54 Å². The minimum Gasteiger partial charge on any atom is -0.478 e. The Hall–Kier alpha value is -1.95. The molecule has 0 bridgehead atoms. The fourth-order valence-corrected chi connectivity index (χ4v) is 2.06. The van der Waals surface area contributed by atoms with E-state index in [9.17, 15) is 9.90 Å². The summed E-state index contributed by atoms with van der Waals surface area (Å²) in [5.41, 5.74) is 1.21. The average Bonchev–Trinajstić information content (AvgIpc) is 2.39. The molecule has 0 spiro atoms. The molecule has 0 atom stereocenters. The van der Waals surface area contributed by atoms with Gasteiger partial charge in [-0.05, 0) is 39.7 Å². The van der Waals surface area contributed by atoms with Gasteiger partial charge in [-0.1, -0.05) is 0 Å². The molecule has 5 nitrogen and oxygen atoms in total. The zero-order valence-electron chi connectivity index (χ0n) is 10.2. The number of pyridine rings is 2. The molecule has 0 amide bonds. The van der Waals surface area contributed by atoms with Gasteiger partial charge in [-0.3, -0.25) is 4.98 Å². The second-order valence-corrected chi connectivity index (χ2v) is 4.96. The predicted molar refractivity (Wildman–Crippen MR) is 75.2 cm³/mol. The number of hydrogen-bond donors (Lipinski definition) is 1. The van der Waals surface area contributed by atoms with Crippen LogP contribution >= 0.6 is 15.9 Å². The van der Waals surface area contributed by atoms with Gasteiger partial charge in [0.2, 0.25) is 0 Å². The predicted octanol–water partition coefficient (Wildman–Crippen LogP) is 2.57. The smallest absolute Gasteiger partial charge is 0.339 e. The second kappa shape index (κ2) is 5.79. The lowest BCUT2D eigenvalue weighted by molar-refractivity contribution is 0.0697. The highest BCUT2D eigenvalue weighted by Gasteiger charge is 2.15. The van der Waals surface area contributed by atoms with E-state index in [4.69, 9.17) is 0 Å². The summed E-state index contributed by atoms with van der Waals surface area (Å²) in [6, 6.07) is 5.32. The number of carbonyl (C=O) groups is 1. The van der Waals surface area contributed by atoms with Gasteiger partial charge >= 0.3 is 5.97 Å². The van der Waals surface area contributed by atoms with Gasteiger partial charge in [-0.15, -0.1) is 0 Å². The van der Waals surface area contributed by atoms with E-state index in [1.165, 1.54) is 0 Å². The fourth-order valence-electron chi connectivity index (χ4n) is 1.73. The number of carboxylic acids is 1. The maximum atomic E-state index is 11.2. The molecule has 0 saturated carbocycles. The number of nitrogens with zero attached hydrogens (tertiary/aromatic N) is 3. The Kier molecular flexibility index (Phi) is 4.11. The minimum atomic E-state index is -0.995. The van der Waals surface area contributed by atoms with Crippen molar-refractivity contribution in [2.75, 3.05) is 11.9 Å². The molecule has 0 saturated heterocycles. The van der Waals surface area contributed by atoms with Crippen LogP contribution in [-0.4, -0.2) is 28.1 Å². The summed E-state index contributed by atoms with van der Waals surface area (Å²) in [5.74, 6) is -0.558. The number of rotatable bonds is 4. The number of anilines is 1. The molecule has 0 fully saturated rings. The van der Waals surface area contributed by atoms with Crippen molar-refractivity contribution in [1.29, 1.82) is 0 Å². The van der Waals surface area contributed by atoms with Crippen LogP contribution in [0.2, 0.25) is 0 Å². The summed E-state index contributed by atoms with van der Waals surface area (Å²) in [6.07, 6.45) is 5.00. The summed E-state index contributed by atoms with van der Waals surface area (Å²) < 4.78 is 0.644. The molecule has 0 unspecified atom stereocenters. The van der Waals surface area contributed by atoms with E-state index in [0.29, 0.717) is 16.8 Å². The van der Waals surface area contributed by atoms with E-state index in [0.717, 1.165) is 5.56 Å². The monoisotopic (exact) mass is 321 g/mol. The third-order valence-electron chi connectivity index (χ3n) is 2.59. The Bertz CT molecular complexity index is 590. The largest absolute Gasteiger partial charge is 0.478 e. The van der Waals surface area contributed by atoms with Crippen LogP contribution in [0.15, 0.2) is 41.3 Å². The molecule has 0 aromatic carbocycles. The van der Waals surface area contributed by atoms with Crippen molar-refractivity contribution in [3.05, 3.63) is 52.4 Å². The van der Waals surface area contributed by atoms with Crippen molar-refractivity contribution >= 4 is 27.7 Å². The first kappa shape index (κ1) is 13.5. The second-order valence-electron chi connectivity index (χ2n) is 4.04. The number of hydrogen-bond acceptors (Lipinski definition) is 4. The Morgan fingerprint density at radius 1 is 1.42 bits per heavy atom. The zero-order valence-corrected chi connectivity index (χ0v) is 11.8. The molecule has 0 aliphatic heterocycles. The normalized spacial score (nSPS) is 10.2. The van der Waals surface area contributed by atoms with Gasteiger partial charge in [-0.2, -0.15) is 0 Å². The lowest BCUT2D eigenvalue weighted by atomic mass is 10.2. The van der Waals surface area contributed by atoms with Gasteiger partial charge in [0, 0.05) is 36.7 Å². The summed E-state index contributed by atoms with van der Waals surface area (Å²) in [7, 11) is 1.81. The van der Waals surface area contributed by atoms with E-state index in [2.05, 4.69) is 25.9 Å². The van der Waals surface area contributed by atoms with Gasteiger partial charge < -0.3 is 10.0 Å². The Morgan fingerprint density at radius 3 is 2.74 bits per heavy atom. The quantitative estimate of drug-likeness (QED) is 0.937. The number of aromatic nitrogens is 2. The first-order chi connectivity index (χ1) is 9.08. The number of aromatic carboxylic acids is 1. The van der Waals surface area contributed by atoms with Crippen molar-refractivity contribution in [2.24, 2.45) is 0 Å². The summed E-state index contributed by atoms with van der Waals surface area (Å²) >= 11 is 3.23. The van der Waals surface area contributed by atoms with Gasteiger partial charge in [0.25, 0.3) is 0 Å². The van der Waals surface area contributed by atoms with Crippen molar-refractivity contribution in [3.63, 3.8) is 0 Å². The summed E-state index contributed by atoms with van der Waals surface area (Å²) in [4.78, 5) is 21.2. The minimum absolute atomic E-state index is 0.172. The van der Waals surface area contributed by atoms with E-state index < -0.39 is 5.97 Å². The van der Waals surface area contributed by atoms with Crippen molar-refractivity contribution in [1.82, 2.24) is 9.97 Å². The molecular weight excluding hydrogens is 310 g/mol. The molecule has 0 aliphatic carbocycles. The molecule has 6 heteroatoms. The highest BCUT2D eigenvalue weighted by Crippen LogP contribution is 2.22. The van der Waals surface area contributed by atoms with Gasteiger partial charge in [0.05, 0.1) is 0 Å². The first-order valence-electron chi connectivity index (χ1n) is 5.57. The van der Waals surface area contributed by atoms with E-state index in [1.807, 2.05) is 19.2 Å². The van der Waals surface area contributed by atoms with Crippen LogP contribution in [0.5, 0.6) is 0 Å². The molecule has 2 heterocycles. The van der Waals surface area contributed by atoms with Crippen LogP contribution in [0.25, 0.3) is 0 Å². The zero-order chi connectivity index (χ0) is 13.8. The third kappa shape index (κ3) is 3.29. The highest BCUT2D eigenvalue weighted by atomic mass is 79.9. The van der Waals surface area contributed by atoms with Crippen LogP contribution in [0.3, 0.4) is 0 Å². The average molecular weight is 322 g/mol. The Labute approximate surface area is 119 Å². The Morgan fingerprint density at radius 2 is 2.11 bits per heavy atom. The van der Waals surface area contributed by atoms with Crippen molar-refractivity contribution < 1.29 is 9.90 Å². The lowest BCUT2D eigenvalue weighted by Gasteiger charge is -2.20. The molecule has 2 aromatic heterocycles. The van der Waals surface area contributed by atoms with Crippen molar-refractivity contribution in [2.45, 2.75) is 6.54 Å². The molecule has 2 aromatic rings. The first-order valence-corrected chi connectivity index (χ1v) is 6.36. The molecule has 2 rings (SSSR count). The van der Waals surface area contributed by atoms with Crippen molar-refractivity contribution in [3.8, 4) is 0 Å². The van der Waals surface area contributed by atoms with Gasteiger partial charge in [0.1, 0.15) is 11.4 Å². The van der Waals surface area contributed by atoms with E-state index >= 15 is 0 Å². The maximum absolute atomic E-state index is 11.2. The molecule has 98 valence electrons. The van der Waals surface area contributed by atoms with Crippen LogP contribution in [0.1, 0.15) is 15.9 Å². The molecule has 1 N–H and O–H groups in total. The van der Waals surface area contributed by atoms with Crippen LogP contribution in [0, 0.1) is 0 Å². The topological polar surface area (TPSA) is 66.3 Å². The van der Waals surface area contributed by atoms with Crippen LogP contribution in [0.4, 0.5) is 5.82 Å². The van der Waals surface area contributed by atoms with Crippen LogP contribution < -0.4 is 4.90 Å². The SMILES string of the molecule is CN(Cc1ccncc1)c1ncc(Br)cc1C(=O)O. The van der Waals surface area contributed by atoms with E-state index in [1.54, 1.807) is 29.6 Å². The number of halogens is 1. The summed E-state index contributed by atoms with van der Waals surface area (Å²) in [5, 5.41) is 9.21. The fraction of sp³-hybridized carbons (Fsp3) is 0.154. The van der Waals surface area contributed by atoms with Gasteiger partial charge in [-0.25, -0.2) is 9.78 Å². The molecule has 19 heavy (non-hydrogen) atoms. The van der Waals surface area contributed by atoms with E-state index in [-0.39, 0.29) is 5.56 Å². The third-order valence-corrected chi connectivity index (χ3v) is 3.03. The summed E-state index contributed by atoms with van der Waals surface area (Å²) in [6.45, 7) is 0.567. The highest BCUT2D eigenvalue weighted by molar-refractivity contribution is 9.10.